The molecular weight excluding hydrogens is 453 g/mol. The molecule has 0 aliphatic carbocycles. The van der Waals surface area contributed by atoms with Crippen molar-refractivity contribution in [2.75, 3.05) is 13.2 Å². The van der Waals surface area contributed by atoms with Gasteiger partial charge in [0, 0.05) is 12.6 Å². The summed E-state index contributed by atoms with van der Waals surface area (Å²) in [7, 11) is 0. The number of benzene rings is 2. The van der Waals surface area contributed by atoms with Crippen molar-refractivity contribution in [1.82, 2.24) is 5.32 Å². The average Bonchev–Trinajstić information content (AvgIpc) is 2.65. The molecule has 0 aliphatic heterocycles. The Labute approximate surface area is 178 Å². The topological polar surface area (TPSA) is 50.7 Å². The lowest BCUT2D eigenvalue weighted by atomic mass is 10.1. The number of aliphatic hydroxyl groups excluding tert-OH is 1. The van der Waals surface area contributed by atoms with Gasteiger partial charge in [-0.2, -0.15) is 0 Å². The van der Waals surface area contributed by atoms with E-state index in [2.05, 4.69) is 21.2 Å². The molecule has 0 aromatic heterocycles. The van der Waals surface area contributed by atoms with E-state index in [1.165, 1.54) is 0 Å². The number of rotatable bonds is 10. The summed E-state index contributed by atoms with van der Waals surface area (Å²) >= 11 is 15.6. The quantitative estimate of drug-likeness (QED) is 0.469. The summed E-state index contributed by atoms with van der Waals surface area (Å²) in [4.78, 5) is 0. The summed E-state index contributed by atoms with van der Waals surface area (Å²) in [6, 6.07) is 9.43. The lowest BCUT2D eigenvalue weighted by Gasteiger charge is -2.18. The second-order valence-corrected chi connectivity index (χ2v) is 7.71. The molecule has 7 heteroatoms. The van der Waals surface area contributed by atoms with E-state index in [0.717, 1.165) is 22.0 Å². The summed E-state index contributed by atoms with van der Waals surface area (Å²) in [6.07, 6.45) is 0.862. The molecule has 148 valence electrons. The average molecular weight is 477 g/mol. The highest BCUT2D eigenvalue weighted by Crippen LogP contribution is 2.37. The monoisotopic (exact) mass is 475 g/mol. The highest BCUT2D eigenvalue weighted by Gasteiger charge is 2.14. The Hall–Kier alpha value is -0.980. The van der Waals surface area contributed by atoms with Crippen LogP contribution in [0.25, 0.3) is 0 Å². The highest BCUT2D eigenvalue weighted by molar-refractivity contribution is 9.10. The van der Waals surface area contributed by atoms with Crippen LogP contribution < -0.4 is 14.8 Å². The molecule has 0 unspecified atom stereocenters. The third kappa shape index (κ3) is 6.54. The molecule has 4 nitrogen and oxygen atoms in total. The van der Waals surface area contributed by atoms with Gasteiger partial charge in [-0.15, -0.1) is 0 Å². The number of ether oxygens (including phenoxy) is 2. The van der Waals surface area contributed by atoms with Crippen LogP contribution in [0.1, 0.15) is 31.4 Å². The van der Waals surface area contributed by atoms with Crippen LogP contribution in [0, 0.1) is 0 Å². The minimum atomic E-state index is 0.0740. The molecule has 2 aromatic rings. The standard InChI is InChI=1S/C20H24BrCl2NO3/c1-3-15(11-25)24-10-14-7-16(21)20(19(9-14)26-4-2)27-12-13-5-6-17(22)18(23)8-13/h5-9,15,24-25H,3-4,10-12H2,1-2H3/t15-/m1/s1. The molecule has 0 aliphatic rings. The van der Waals surface area contributed by atoms with Crippen molar-refractivity contribution in [1.29, 1.82) is 0 Å². The van der Waals surface area contributed by atoms with Crippen LogP contribution in [-0.4, -0.2) is 24.4 Å². The molecule has 0 saturated heterocycles. The van der Waals surface area contributed by atoms with Crippen molar-refractivity contribution in [2.24, 2.45) is 0 Å². The van der Waals surface area contributed by atoms with Gasteiger partial charge in [0.25, 0.3) is 0 Å². The molecular formula is C20H24BrCl2NO3. The van der Waals surface area contributed by atoms with E-state index in [0.29, 0.717) is 41.3 Å². The molecule has 0 bridgehead atoms. The minimum Gasteiger partial charge on any atom is -0.490 e. The number of nitrogens with one attached hydrogen (secondary N) is 1. The van der Waals surface area contributed by atoms with Crippen molar-refractivity contribution in [3.63, 3.8) is 0 Å². The predicted molar refractivity (Wildman–Crippen MR) is 114 cm³/mol. The van der Waals surface area contributed by atoms with Gasteiger partial charge in [0.2, 0.25) is 0 Å². The van der Waals surface area contributed by atoms with E-state index >= 15 is 0 Å². The first kappa shape index (κ1) is 22.3. The minimum absolute atomic E-state index is 0.0740. The number of aliphatic hydroxyl groups is 1. The Balaban J connectivity index is 2.15. The van der Waals surface area contributed by atoms with Gasteiger partial charge < -0.3 is 19.9 Å². The zero-order valence-corrected chi connectivity index (χ0v) is 18.5. The van der Waals surface area contributed by atoms with Gasteiger partial charge in [0.15, 0.2) is 11.5 Å². The third-order valence-electron chi connectivity index (χ3n) is 4.04. The molecule has 0 fully saturated rings. The van der Waals surface area contributed by atoms with Gasteiger partial charge in [-0.05, 0) is 64.7 Å². The maximum Gasteiger partial charge on any atom is 0.175 e. The Morgan fingerprint density at radius 3 is 2.48 bits per heavy atom. The second-order valence-electron chi connectivity index (χ2n) is 6.04. The molecule has 0 amide bonds. The van der Waals surface area contributed by atoms with E-state index in [-0.39, 0.29) is 12.6 Å². The normalized spacial score (nSPS) is 12.1. The van der Waals surface area contributed by atoms with Gasteiger partial charge in [-0.1, -0.05) is 36.2 Å². The molecule has 0 saturated carbocycles. The Morgan fingerprint density at radius 1 is 1.07 bits per heavy atom. The summed E-state index contributed by atoms with van der Waals surface area (Å²) in [5.41, 5.74) is 1.96. The first-order valence-corrected chi connectivity index (χ1v) is 10.4. The van der Waals surface area contributed by atoms with E-state index in [1.807, 2.05) is 32.0 Å². The van der Waals surface area contributed by atoms with Crippen molar-refractivity contribution in [2.45, 2.75) is 39.5 Å². The molecule has 0 radical (unpaired) electrons. The summed E-state index contributed by atoms with van der Waals surface area (Å²) in [5, 5.41) is 13.7. The van der Waals surface area contributed by atoms with Crippen LogP contribution in [0.2, 0.25) is 10.0 Å². The van der Waals surface area contributed by atoms with Crippen molar-refractivity contribution in [3.05, 3.63) is 56.0 Å². The maximum atomic E-state index is 9.32. The molecule has 2 aromatic carbocycles. The van der Waals surface area contributed by atoms with Crippen LogP contribution in [0.5, 0.6) is 11.5 Å². The zero-order chi connectivity index (χ0) is 19.8. The van der Waals surface area contributed by atoms with E-state index < -0.39 is 0 Å². The number of hydrogen-bond donors (Lipinski definition) is 2. The molecule has 27 heavy (non-hydrogen) atoms. The van der Waals surface area contributed by atoms with Crippen LogP contribution in [-0.2, 0) is 13.2 Å². The molecule has 2 rings (SSSR count). The fourth-order valence-electron chi connectivity index (χ4n) is 2.51. The highest BCUT2D eigenvalue weighted by atomic mass is 79.9. The summed E-state index contributed by atoms with van der Waals surface area (Å²) < 4.78 is 12.6. The Bertz CT molecular complexity index is 754. The first-order valence-electron chi connectivity index (χ1n) is 8.84. The third-order valence-corrected chi connectivity index (χ3v) is 5.37. The fraction of sp³-hybridized carbons (Fsp3) is 0.400. The van der Waals surface area contributed by atoms with Gasteiger partial charge in [-0.25, -0.2) is 0 Å². The number of halogens is 3. The lowest BCUT2D eigenvalue weighted by molar-refractivity contribution is 0.238. The Kier molecular flexibility index (Phi) is 9.19. The van der Waals surface area contributed by atoms with Crippen molar-refractivity contribution < 1.29 is 14.6 Å². The molecule has 1 atom stereocenters. The van der Waals surface area contributed by atoms with Crippen molar-refractivity contribution in [3.8, 4) is 11.5 Å². The van der Waals surface area contributed by atoms with Crippen LogP contribution in [0.3, 0.4) is 0 Å². The summed E-state index contributed by atoms with van der Waals surface area (Å²) in [5.74, 6) is 1.31. The Morgan fingerprint density at radius 2 is 1.85 bits per heavy atom. The predicted octanol–water partition coefficient (Wildman–Crippen LogP) is 5.59. The van der Waals surface area contributed by atoms with Crippen molar-refractivity contribution >= 4 is 39.1 Å². The van der Waals surface area contributed by atoms with Gasteiger partial charge in [0.1, 0.15) is 6.61 Å². The molecule has 0 heterocycles. The van der Waals surface area contributed by atoms with Crippen LogP contribution in [0.4, 0.5) is 0 Å². The smallest absolute Gasteiger partial charge is 0.175 e. The van der Waals surface area contributed by atoms with Gasteiger partial charge >= 0.3 is 0 Å². The van der Waals surface area contributed by atoms with Gasteiger partial charge in [-0.3, -0.25) is 0 Å². The zero-order valence-electron chi connectivity index (χ0n) is 15.4. The second kappa shape index (κ2) is 11.1. The number of hydrogen-bond acceptors (Lipinski definition) is 4. The molecule has 2 N–H and O–H groups in total. The fourth-order valence-corrected chi connectivity index (χ4v) is 3.44. The largest absolute Gasteiger partial charge is 0.490 e. The lowest BCUT2D eigenvalue weighted by Crippen LogP contribution is -2.31. The van der Waals surface area contributed by atoms with E-state index in [1.54, 1.807) is 12.1 Å². The molecule has 0 spiro atoms. The SMILES string of the molecule is CCOc1cc(CN[C@H](CC)CO)cc(Br)c1OCc1ccc(Cl)c(Cl)c1. The maximum absolute atomic E-state index is 9.32. The van der Waals surface area contributed by atoms with Crippen LogP contribution in [0.15, 0.2) is 34.8 Å². The van der Waals surface area contributed by atoms with E-state index in [9.17, 15) is 5.11 Å². The first-order chi connectivity index (χ1) is 13.0. The van der Waals surface area contributed by atoms with E-state index in [4.69, 9.17) is 32.7 Å². The van der Waals surface area contributed by atoms with Gasteiger partial charge in [0.05, 0.1) is 27.7 Å². The van der Waals surface area contributed by atoms with Crippen LogP contribution >= 0.6 is 39.1 Å². The summed E-state index contributed by atoms with van der Waals surface area (Å²) in [6.45, 7) is 5.58.